The Hall–Kier alpha value is -3.68. The summed E-state index contributed by atoms with van der Waals surface area (Å²) in [6.07, 6.45) is 0. The summed E-state index contributed by atoms with van der Waals surface area (Å²) < 4.78 is 9.75. The van der Waals surface area contributed by atoms with Crippen LogP contribution in [0.5, 0.6) is 0 Å². The summed E-state index contributed by atoms with van der Waals surface area (Å²) in [7, 11) is 0. The maximum Gasteiger partial charge on any atom is 0.340 e. The average Bonchev–Trinajstić information content (AvgIpc) is 2.71. The summed E-state index contributed by atoms with van der Waals surface area (Å²) >= 11 is 0. The summed E-state index contributed by atoms with van der Waals surface area (Å²) in [4.78, 5) is 47.4. The van der Waals surface area contributed by atoms with Gasteiger partial charge in [0.05, 0.1) is 17.9 Å². The van der Waals surface area contributed by atoms with Crippen LogP contribution in [0.25, 0.3) is 0 Å². The van der Waals surface area contributed by atoms with Crippen molar-refractivity contribution < 1.29 is 28.7 Å². The van der Waals surface area contributed by atoms with Gasteiger partial charge in [-0.2, -0.15) is 0 Å². The van der Waals surface area contributed by atoms with Gasteiger partial charge in [-0.3, -0.25) is 14.4 Å². The third-order valence-electron chi connectivity index (χ3n) is 3.49. The minimum Gasteiger partial charge on any atom is -0.462 e. The molecule has 0 aliphatic heterocycles. The quantitative estimate of drug-likeness (QED) is 0.671. The zero-order chi connectivity index (χ0) is 20.4. The van der Waals surface area contributed by atoms with Gasteiger partial charge in [0.2, 0.25) is 0 Å². The molecule has 0 bridgehead atoms. The van der Waals surface area contributed by atoms with Gasteiger partial charge in [0.15, 0.2) is 6.61 Å². The number of carbonyl (C=O) groups excluding carboxylic acids is 4. The van der Waals surface area contributed by atoms with Crippen molar-refractivity contribution in [3.8, 4) is 0 Å². The van der Waals surface area contributed by atoms with Crippen LogP contribution in [0.4, 0.5) is 5.69 Å². The molecule has 0 atom stereocenters. The zero-order valence-corrected chi connectivity index (χ0v) is 15.3. The Kier molecular flexibility index (Phi) is 7.71. The van der Waals surface area contributed by atoms with E-state index in [0.29, 0.717) is 5.56 Å². The van der Waals surface area contributed by atoms with E-state index in [4.69, 9.17) is 9.47 Å². The second kappa shape index (κ2) is 10.5. The topological polar surface area (TPSA) is 111 Å². The van der Waals surface area contributed by atoms with E-state index in [9.17, 15) is 19.2 Å². The number of carbonyl (C=O) groups is 4. The molecule has 0 saturated carbocycles. The maximum atomic E-state index is 12.0. The van der Waals surface area contributed by atoms with Crippen molar-refractivity contribution >= 4 is 29.4 Å². The molecule has 146 valence electrons. The normalized spacial score (nSPS) is 9.89. The van der Waals surface area contributed by atoms with Crippen LogP contribution in [0.1, 0.15) is 27.6 Å². The Morgan fingerprint density at radius 2 is 1.57 bits per heavy atom. The van der Waals surface area contributed by atoms with E-state index in [1.54, 1.807) is 49.4 Å². The van der Waals surface area contributed by atoms with Crippen molar-refractivity contribution in [3.63, 3.8) is 0 Å². The van der Waals surface area contributed by atoms with Gasteiger partial charge in [-0.15, -0.1) is 0 Å². The second-order valence-electron chi connectivity index (χ2n) is 5.52. The molecule has 2 rings (SSSR count). The van der Waals surface area contributed by atoms with Gasteiger partial charge < -0.3 is 20.1 Å². The molecule has 28 heavy (non-hydrogen) atoms. The summed E-state index contributed by atoms with van der Waals surface area (Å²) in [5.41, 5.74) is 0.849. The second-order valence-corrected chi connectivity index (χ2v) is 5.52. The maximum absolute atomic E-state index is 12.0. The number of hydrogen-bond acceptors (Lipinski definition) is 6. The zero-order valence-electron chi connectivity index (χ0n) is 15.3. The number of amides is 2. The van der Waals surface area contributed by atoms with E-state index in [1.807, 2.05) is 0 Å². The Balaban J connectivity index is 1.80. The van der Waals surface area contributed by atoms with Crippen LogP contribution >= 0.6 is 0 Å². The van der Waals surface area contributed by atoms with E-state index in [1.165, 1.54) is 12.1 Å². The van der Waals surface area contributed by atoms with Crippen LogP contribution in [0.2, 0.25) is 0 Å². The van der Waals surface area contributed by atoms with E-state index in [-0.39, 0.29) is 24.4 Å². The number of esters is 2. The lowest BCUT2D eigenvalue weighted by molar-refractivity contribution is -0.146. The lowest BCUT2D eigenvalue weighted by atomic mass is 10.2. The van der Waals surface area contributed by atoms with Gasteiger partial charge in [-0.05, 0) is 31.2 Å². The highest BCUT2D eigenvalue weighted by molar-refractivity contribution is 6.02. The monoisotopic (exact) mass is 384 g/mol. The number of hydrogen-bond donors (Lipinski definition) is 2. The number of para-hydroxylation sites is 1. The van der Waals surface area contributed by atoms with E-state index >= 15 is 0 Å². The lowest BCUT2D eigenvalue weighted by Gasteiger charge is -2.11. The van der Waals surface area contributed by atoms with Crippen LogP contribution in [0.15, 0.2) is 54.6 Å². The number of anilines is 1. The molecule has 0 spiro atoms. The fourth-order valence-electron chi connectivity index (χ4n) is 2.21. The van der Waals surface area contributed by atoms with E-state index in [2.05, 4.69) is 10.6 Å². The molecule has 0 aromatic heterocycles. The molecule has 0 heterocycles. The number of rotatable bonds is 8. The molecule has 8 nitrogen and oxygen atoms in total. The number of ether oxygens (including phenoxy) is 2. The first-order chi connectivity index (χ1) is 13.5. The summed E-state index contributed by atoms with van der Waals surface area (Å²) in [5.74, 6) is -2.39. The molecule has 2 N–H and O–H groups in total. The lowest BCUT2D eigenvalue weighted by Crippen LogP contribution is -2.32. The van der Waals surface area contributed by atoms with Crippen LogP contribution in [0.3, 0.4) is 0 Å². The molecule has 2 amide bonds. The molecule has 2 aromatic rings. The SMILES string of the molecule is CCOC(=O)c1ccccc1NC(=O)COC(=O)CNC(=O)c1ccccc1. The van der Waals surface area contributed by atoms with Gasteiger partial charge in [0, 0.05) is 5.56 Å². The Morgan fingerprint density at radius 3 is 2.29 bits per heavy atom. The molecular formula is C20H20N2O6. The average molecular weight is 384 g/mol. The van der Waals surface area contributed by atoms with Gasteiger partial charge in [0.1, 0.15) is 6.54 Å². The molecule has 0 fully saturated rings. The van der Waals surface area contributed by atoms with Crippen LogP contribution in [-0.2, 0) is 19.1 Å². The predicted octanol–water partition coefficient (Wildman–Crippen LogP) is 1.77. The van der Waals surface area contributed by atoms with Gasteiger partial charge in [0.25, 0.3) is 11.8 Å². The first kappa shape index (κ1) is 20.6. The first-order valence-corrected chi connectivity index (χ1v) is 8.56. The molecule has 8 heteroatoms. The largest absolute Gasteiger partial charge is 0.462 e. The molecule has 0 aliphatic rings. The molecule has 0 radical (unpaired) electrons. The van der Waals surface area contributed by atoms with Crippen molar-refractivity contribution in [3.05, 3.63) is 65.7 Å². The fraction of sp³-hybridized carbons (Fsp3) is 0.200. The third-order valence-corrected chi connectivity index (χ3v) is 3.49. The highest BCUT2D eigenvalue weighted by atomic mass is 16.5. The Bertz CT molecular complexity index is 851. The summed E-state index contributed by atoms with van der Waals surface area (Å²) in [6.45, 7) is 0.945. The number of nitrogens with one attached hydrogen (secondary N) is 2. The molecule has 0 aliphatic carbocycles. The van der Waals surface area contributed by atoms with Gasteiger partial charge >= 0.3 is 11.9 Å². The van der Waals surface area contributed by atoms with Crippen LogP contribution < -0.4 is 10.6 Å². The molecule has 2 aromatic carbocycles. The minimum atomic E-state index is -0.766. The van der Waals surface area contributed by atoms with Gasteiger partial charge in [-0.1, -0.05) is 30.3 Å². The fourth-order valence-corrected chi connectivity index (χ4v) is 2.21. The highest BCUT2D eigenvalue weighted by Crippen LogP contribution is 2.16. The van der Waals surface area contributed by atoms with Crippen molar-refractivity contribution in [1.29, 1.82) is 0 Å². The Labute approximate surface area is 161 Å². The van der Waals surface area contributed by atoms with Crippen LogP contribution in [0, 0.1) is 0 Å². The summed E-state index contributed by atoms with van der Waals surface area (Å²) in [6, 6.07) is 14.7. The Morgan fingerprint density at radius 1 is 0.893 bits per heavy atom. The number of benzene rings is 2. The molecular weight excluding hydrogens is 364 g/mol. The van der Waals surface area contributed by atoms with Crippen molar-refractivity contribution in [2.45, 2.75) is 6.92 Å². The third kappa shape index (κ3) is 6.24. The van der Waals surface area contributed by atoms with Gasteiger partial charge in [-0.25, -0.2) is 4.79 Å². The molecule has 0 unspecified atom stereocenters. The van der Waals surface area contributed by atoms with Crippen molar-refractivity contribution in [1.82, 2.24) is 5.32 Å². The first-order valence-electron chi connectivity index (χ1n) is 8.56. The predicted molar refractivity (Wildman–Crippen MR) is 101 cm³/mol. The minimum absolute atomic E-state index is 0.194. The molecule has 0 saturated heterocycles. The standard InChI is InChI=1S/C20H20N2O6/c1-2-27-20(26)15-10-6-7-11-16(15)22-17(23)13-28-18(24)12-21-19(25)14-8-4-3-5-9-14/h3-11H,2,12-13H2,1H3,(H,21,25)(H,22,23). The highest BCUT2D eigenvalue weighted by Gasteiger charge is 2.15. The van der Waals surface area contributed by atoms with Crippen molar-refractivity contribution in [2.75, 3.05) is 25.1 Å². The van der Waals surface area contributed by atoms with E-state index in [0.717, 1.165) is 0 Å². The van der Waals surface area contributed by atoms with E-state index < -0.39 is 30.4 Å². The summed E-state index contributed by atoms with van der Waals surface area (Å²) in [5, 5.41) is 4.90. The van der Waals surface area contributed by atoms with Crippen molar-refractivity contribution in [2.24, 2.45) is 0 Å². The van der Waals surface area contributed by atoms with Crippen LogP contribution in [-0.4, -0.2) is 43.5 Å². The smallest absolute Gasteiger partial charge is 0.340 e.